The van der Waals surface area contributed by atoms with Crippen molar-refractivity contribution in [3.8, 4) is 11.3 Å². The predicted molar refractivity (Wildman–Crippen MR) is 111 cm³/mol. The first-order valence-electron chi connectivity index (χ1n) is 9.79. The van der Waals surface area contributed by atoms with E-state index >= 15 is 0 Å². The zero-order valence-electron chi connectivity index (χ0n) is 16.3. The fraction of sp³-hybridized carbons (Fsp3) is 0.261. The third-order valence-electron chi connectivity index (χ3n) is 4.80. The van der Waals surface area contributed by atoms with Crippen LogP contribution in [0.4, 0.5) is 5.69 Å². The molecule has 1 saturated carbocycles. The van der Waals surface area contributed by atoms with E-state index in [0.29, 0.717) is 35.4 Å². The highest BCUT2D eigenvalue weighted by Crippen LogP contribution is 2.22. The summed E-state index contributed by atoms with van der Waals surface area (Å²) in [7, 11) is 0. The van der Waals surface area contributed by atoms with Gasteiger partial charge in [-0.05, 0) is 44.0 Å². The number of carbonyl (C=O) groups excluding carboxylic acids is 2. The van der Waals surface area contributed by atoms with Crippen LogP contribution in [0.1, 0.15) is 41.1 Å². The van der Waals surface area contributed by atoms with Crippen molar-refractivity contribution in [2.75, 3.05) is 5.32 Å². The Hall–Kier alpha value is -3.41. The lowest BCUT2D eigenvalue weighted by atomic mass is 10.1. The van der Waals surface area contributed by atoms with Gasteiger partial charge in [0.05, 0.1) is 6.20 Å². The summed E-state index contributed by atoms with van der Waals surface area (Å²) in [6.07, 6.45) is 4.47. The fourth-order valence-corrected chi connectivity index (χ4v) is 2.92. The monoisotopic (exact) mass is 389 g/mol. The van der Waals surface area contributed by atoms with Crippen LogP contribution in [0.5, 0.6) is 0 Å². The van der Waals surface area contributed by atoms with Gasteiger partial charge in [-0.3, -0.25) is 9.59 Å². The molecule has 1 aliphatic carbocycles. The Kier molecular flexibility index (Phi) is 5.42. The van der Waals surface area contributed by atoms with Gasteiger partial charge in [0.15, 0.2) is 11.7 Å². The molecule has 29 heavy (non-hydrogen) atoms. The molecule has 0 atom stereocenters. The summed E-state index contributed by atoms with van der Waals surface area (Å²) in [4.78, 5) is 28.5. The number of benzene rings is 2. The Balaban J connectivity index is 1.27. The first-order valence-corrected chi connectivity index (χ1v) is 9.79. The molecule has 0 spiro atoms. The minimum atomic E-state index is -0.129. The van der Waals surface area contributed by atoms with Gasteiger partial charge >= 0.3 is 0 Å². The van der Waals surface area contributed by atoms with Crippen LogP contribution in [0.15, 0.2) is 59.1 Å². The van der Waals surface area contributed by atoms with Crippen LogP contribution in [0, 0.1) is 6.92 Å². The number of anilines is 1. The second-order valence-electron chi connectivity index (χ2n) is 7.36. The minimum Gasteiger partial charge on any atom is -0.441 e. The van der Waals surface area contributed by atoms with Crippen LogP contribution in [0.25, 0.3) is 11.3 Å². The Labute approximate surface area is 169 Å². The molecule has 0 unspecified atom stereocenters. The quantitative estimate of drug-likeness (QED) is 0.637. The summed E-state index contributed by atoms with van der Waals surface area (Å²) in [6.45, 7) is 2.03. The lowest BCUT2D eigenvalue weighted by Crippen LogP contribution is -2.25. The standard InChI is InChI=1S/C23H23N3O3/c1-15-2-4-16(5-3-15)20-14-24-22(29-20)13-12-21(27)25-18-8-6-17(7-9-18)23(28)26-19-10-11-19/h2-9,14,19H,10-13H2,1H3,(H,25,27)(H,26,28). The summed E-state index contributed by atoms with van der Waals surface area (Å²) in [5.74, 6) is 1.03. The number of amides is 2. The van der Waals surface area contributed by atoms with Gasteiger partial charge < -0.3 is 15.1 Å². The molecule has 1 heterocycles. The number of carbonyl (C=O) groups is 2. The number of hydrogen-bond donors (Lipinski definition) is 2. The molecule has 2 N–H and O–H groups in total. The van der Waals surface area contributed by atoms with Gasteiger partial charge in [-0.15, -0.1) is 0 Å². The molecule has 1 aliphatic rings. The summed E-state index contributed by atoms with van der Waals surface area (Å²) in [6, 6.07) is 15.2. The minimum absolute atomic E-state index is 0.0707. The molecule has 2 amide bonds. The molecule has 0 aliphatic heterocycles. The zero-order valence-corrected chi connectivity index (χ0v) is 16.3. The van der Waals surface area contributed by atoms with Gasteiger partial charge in [-0.2, -0.15) is 0 Å². The molecule has 4 rings (SSSR count). The van der Waals surface area contributed by atoms with E-state index in [9.17, 15) is 9.59 Å². The topological polar surface area (TPSA) is 84.2 Å². The van der Waals surface area contributed by atoms with Gasteiger partial charge in [-0.25, -0.2) is 4.98 Å². The van der Waals surface area contributed by atoms with E-state index in [1.54, 1.807) is 30.5 Å². The van der Waals surface area contributed by atoms with E-state index in [-0.39, 0.29) is 18.2 Å². The van der Waals surface area contributed by atoms with Gasteiger partial charge in [0.25, 0.3) is 5.91 Å². The molecular weight excluding hydrogens is 366 g/mol. The molecule has 6 heteroatoms. The Morgan fingerprint density at radius 1 is 1.07 bits per heavy atom. The zero-order chi connectivity index (χ0) is 20.2. The highest BCUT2D eigenvalue weighted by molar-refractivity contribution is 5.96. The van der Waals surface area contributed by atoms with Crippen LogP contribution in [0.3, 0.4) is 0 Å². The molecule has 1 fully saturated rings. The van der Waals surface area contributed by atoms with E-state index in [4.69, 9.17) is 4.42 Å². The van der Waals surface area contributed by atoms with Crippen molar-refractivity contribution in [2.24, 2.45) is 0 Å². The van der Waals surface area contributed by atoms with Gasteiger partial charge in [0.2, 0.25) is 5.91 Å². The fourth-order valence-electron chi connectivity index (χ4n) is 2.92. The van der Waals surface area contributed by atoms with E-state index in [0.717, 1.165) is 18.4 Å². The average Bonchev–Trinajstić information content (AvgIpc) is 3.41. The molecule has 148 valence electrons. The van der Waals surface area contributed by atoms with Crippen molar-refractivity contribution >= 4 is 17.5 Å². The first-order chi connectivity index (χ1) is 14.1. The maximum atomic E-state index is 12.2. The summed E-state index contributed by atoms with van der Waals surface area (Å²) >= 11 is 0. The predicted octanol–water partition coefficient (Wildman–Crippen LogP) is 4.11. The van der Waals surface area contributed by atoms with Gasteiger partial charge in [0, 0.05) is 35.7 Å². The van der Waals surface area contributed by atoms with Crippen molar-refractivity contribution in [3.63, 3.8) is 0 Å². The van der Waals surface area contributed by atoms with Crippen LogP contribution >= 0.6 is 0 Å². The maximum Gasteiger partial charge on any atom is 0.251 e. The number of aryl methyl sites for hydroxylation is 2. The Morgan fingerprint density at radius 3 is 2.48 bits per heavy atom. The second-order valence-corrected chi connectivity index (χ2v) is 7.36. The van der Waals surface area contributed by atoms with Crippen molar-refractivity contribution in [1.82, 2.24) is 10.3 Å². The van der Waals surface area contributed by atoms with E-state index in [2.05, 4.69) is 15.6 Å². The number of rotatable bonds is 7. The largest absolute Gasteiger partial charge is 0.441 e. The first kappa shape index (κ1) is 18.9. The Bertz CT molecular complexity index is 1000. The lowest BCUT2D eigenvalue weighted by Gasteiger charge is -2.06. The third kappa shape index (κ3) is 5.10. The number of aromatic nitrogens is 1. The molecule has 0 radical (unpaired) electrons. The smallest absolute Gasteiger partial charge is 0.251 e. The van der Waals surface area contributed by atoms with Crippen LogP contribution in [-0.2, 0) is 11.2 Å². The number of oxazole rings is 1. The van der Waals surface area contributed by atoms with Crippen LogP contribution in [-0.4, -0.2) is 22.8 Å². The molecule has 1 aromatic heterocycles. The highest BCUT2D eigenvalue weighted by Gasteiger charge is 2.23. The average molecular weight is 389 g/mol. The highest BCUT2D eigenvalue weighted by atomic mass is 16.4. The van der Waals surface area contributed by atoms with E-state index in [1.807, 2.05) is 31.2 Å². The van der Waals surface area contributed by atoms with Crippen molar-refractivity contribution < 1.29 is 14.0 Å². The molecule has 3 aromatic rings. The SMILES string of the molecule is Cc1ccc(-c2cnc(CCC(=O)Nc3ccc(C(=O)NC4CC4)cc3)o2)cc1. The summed E-state index contributed by atoms with van der Waals surface area (Å²) in [5, 5.41) is 5.78. The van der Waals surface area contributed by atoms with Gasteiger partial charge in [0.1, 0.15) is 0 Å². The van der Waals surface area contributed by atoms with E-state index in [1.165, 1.54) is 5.56 Å². The Morgan fingerprint density at radius 2 is 1.79 bits per heavy atom. The number of nitrogens with one attached hydrogen (secondary N) is 2. The molecule has 0 bridgehead atoms. The normalized spacial score (nSPS) is 13.1. The molecule has 6 nitrogen and oxygen atoms in total. The summed E-state index contributed by atoms with van der Waals surface area (Å²) < 4.78 is 5.75. The van der Waals surface area contributed by atoms with E-state index < -0.39 is 0 Å². The molecule has 0 saturated heterocycles. The van der Waals surface area contributed by atoms with Crippen LogP contribution < -0.4 is 10.6 Å². The summed E-state index contributed by atoms with van der Waals surface area (Å²) in [5.41, 5.74) is 3.40. The van der Waals surface area contributed by atoms with Crippen molar-refractivity contribution in [2.45, 2.75) is 38.6 Å². The van der Waals surface area contributed by atoms with Gasteiger partial charge in [-0.1, -0.05) is 29.8 Å². The third-order valence-corrected chi connectivity index (χ3v) is 4.80. The van der Waals surface area contributed by atoms with Crippen LogP contribution in [0.2, 0.25) is 0 Å². The number of hydrogen-bond acceptors (Lipinski definition) is 4. The number of nitrogens with zero attached hydrogens (tertiary/aromatic N) is 1. The second kappa shape index (κ2) is 8.31. The molecular formula is C23H23N3O3. The van der Waals surface area contributed by atoms with Crippen molar-refractivity contribution in [3.05, 3.63) is 71.7 Å². The lowest BCUT2D eigenvalue weighted by molar-refractivity contribution is -0.116. The molecule has 2 aromatic carbocycles. The maximum absolute atomic E-state index is 12.2. The van der Waals surface area contributed by atoms with Crippen molar-refractivity contribution in [1.29, 1.82) is 0 Å².